The summed E-state index contributed by atoms with van der Waals surface area (Å²) in [7, 11) is 1.62. The summed E-state index contributed by atoms with van der Waals surface area (Å²) < 4.78 is 5.41. The number of phenolic OH excluding ortho intramolecular Hbond substituents is 2. The van der Waals surface area contributed by atoms with E-state index in [0.717, 1.165) is 34.2 Å². The number of nitrogens with one attached hydrogen (secondary N) is 1. The molecule has 0 bridgehead atoms. The molecule has 4 nitrogen and oxygen atoms in total. The van der Waals surface area contributed by atoms with Crippen LogP contribution >= 0.6 is 0 Å². The van der Waals surface area contributed by atoms with Crippen LogP contribution in [-0.4, -0.2) is 23.4 Å². The topological polar surface area (TPSA) is 61.7 Å². The molecule has 2 atom stereocenters. The number of fused-ring (bicyclic) bond motifs is 2. The number of aryl methyl sites for hydroxylation is 1. The predicted octanol–water partition coefficient (Wildman–Crippen LogP) is 4.83. The highest BCUT2D eigenvalue weighted by Crippen LogP contribution is 2.45. The van der Waals surface area contributed by atoms with Gasteiger partial charge in [-0.25, -0.2) is 0 Å². The van der Waals surface area contributed by atoms with Crippen molar-refractivity contribution in [3.8, 4) is 28.4 Å². The van der Waals surface area contributed by atoms with Crippen molar-refractivity contribution >= 4 is 10.8 Å². The Labute approximate surface area is 159 Å². The van der Waals surface area contributed by atoms with Gasteiger partial charge < -0.3 is 20.3 Å². The first-order valence-electron chi connectivity index (χ1n) is 9.32. The van der Waals surface area contributed by atoms with E-state index in [0.29, 0.717) is 22.6 Å². The first kappa shape index (κ1) is 17.7. The van der Waals surface area contributed by atoms with Crippen molar-refractivity contribution in [3.05, 3.63) is 53.1 Å². The highest BCUT2D eigenvalue weighted by molar-refractivity contribution is 5.97. The molecule has 0 saturated heterocycles. The van der Waals surface area contributed by atoms with Crippen LogP contribution in [0.2, 0.25) is 0 Å². The zero-order valence-electron chi connectivity index (χ0n) is 16.1. The van der Waals surface area contributed by atoms with E-state index in [9.17, 15) is 10.2 Å². The lowest BCUT2D eigenvalue weighted by molar-refractivity contribution is 0.410. The van der Waals surface area contributed by atoms with Crippen molar-refractivity contribution in [1.29, 1.82) is 0 Å². The average molecular weight is 363 g/mol. The van der Waals surface area contributed by atoms with Crippen molar-refractivity contribution < 1.29 is 14.9 Å². The molecule has 0 aliphatic carbocycles. The summed E-state index contributed by atoms with van der Waals surface area (Å²) in [6.07, 6.45) is 0.883. The summed E-state index contributed by atoms with van der Waals surface area (Å²) in [4.78, 5) is 0. The summed E-state index contributed by atoms with van der Waals surface area (Å²) in [6, 6.07) is 12.1. The van der Waals surface area contributed by atoms with Gasteiger partial charge in [0.1, 0.15) is 17.2 Å². The van der Waals surface area contributed by atoms with Gasteiger partial charge in [0.25, 0.3) is 0 Å². The van der Waals surface area contributed by atoms with Crippen molar-refractivity contribution in [2.75, 3.05) is 7.11 Å². The maximum Gasteiger partial charge on any atom is 0.131 e. The predicted molar refractivity (Wildman–Crippen MR) is 109 cm³/mol. The van der Waals surface area contributed by atoms with Gasteiger partial charge in [0.05, 0.1) is 7.11 Å². The third-order valence-corrected chi connectivity index (χ3v) is 5.60. The van der Waals surface area contributed by atoms with Crippen molar-refractivity contribution in [1.82, 2.24) is 5.32 Å². The second kappa shape index (κ2) is 6.46. The molecular weight excluding hydrogens is 338 g/mol. The molecule has 140 valence electrons. The number of hydrogen-bond acceptors (Lipinski definition) is 4. The summed E-state index contributed by atoms with van der Waals surface area (Å²) in [5.74, 6) is 1.13. The van der Waals surface area contributed by atoms with E-state index in [4.69, 9.17) is 4.74 Å². The van der Waals surface area contributed by atoms with Crippen LogP contribution in [-0.2, 0) is 6.42 Å². The molecule has 27 heavy (non-hydrogen) atoms. The van der Waals surface area contributed by atoms with Gasteiger partial charge in [0.2, 0.25) is 0 Å². The van der Waals surface area contributed by atoms with Crippen molar-refractivity contribution in [2.24, 2.45) is 0 Å². The number of hydrogen-bond donors (Lipinski definition) is 3. The Morgan fingerprint density at radius 3 is 2.44 bits per heavy atom. The lowest BCUT2D eigenvalue weighted by Gasteiger charge is -2.30. The third-order valence-electron chi connectivity index (χ3n) is 5.60. The fraction of sp³-hybridized carbons (Fsp3) is 0.304. The molecule has 1 heterocycles. The van der Waals surface area contributed by atoms with Crippen LogP contribution in [0.1, 0.15) is 36.6 Å². The largest absolute Gasteiger partial charge is 0.507 e. The molecular formula is C23H25NO3. The highest BCUT2D eigenvalue weighted by atomic mass is 16.5. The van der Waals surface area contributed by atoms with Crippen LogP contribution in [0, 0.1) is 6.92 Å². The minimum Gasteiger partial charge on any atom is -0.507 e. The van der Waals surface area contributed by atoms with Crippen LogP contribution in [0.25, 0.3) is 21.9 Å². The Kier molecular flexibility index (Phi) is 4.23. The average Bonchev–Trinajstić information content (AvgIpc) is 2.62. The summed E-state index contributed by atoms with van der Waals surface area (Å²) >= 11 is 0. The third kappa shape index (κ3) is 2.81. The number of aromatic hydroxyl groups is 2. The van der Waals surface area contributed by atoms with E-state index in [1.165, 1.54) is 0 Å². The Bertz CT molecular complexity index is 1040. The Morgan fingerprint density at radius 2 is 1.70 bits per heavy atom. The Morgan fingerprint density at radius 1 is 1.00 bits per heavy atom. The molecule has 0 saturated carbocycles. The quantitative estimate of drug-likeness (QED) is 0.610. The van der Waals surface area contributed by atoms with Gasteiger partial charge in [-0.1, -0.05) is 18.2 Å². The molecule has 0 unspecified atom stereocenters. The van der Waals surface area contributed by atoms with Gasteiger partial charge in [0.15, 0.2) is 0 Å². The summed E-state index contributed by atoms with van der Waals surface area (Å²) in [5, 5.41) is 27.1. The monoisotopic (exact) mass is 363 g/mol. The minimum atomic E-state index is 0.0639. The minimum absolute atomic E-state index is 0.0639. The van der Waals surface area contributed by atoms with Gasteiger partial charge in [-0.05, 0) is 61.9 Å². The highest BCUT2D eigenvalue weighted by Gasteiger charge is 2.26. The molecule has 3 aromatic rings. The van der Waals surface area contributed by atoms with Crippen LogP contribution in [0.3, 0.4) is 0 Å². The second-order valence-electron chi connectivity index (χ2n) is 7.53. The van der Waals surface area contributed by atoms with E-state index in [1.807, 2.05) is 37.3 Å². The SMILES string of the molecule is COc1cc2c(O)c(-c3ccc4c(c3O)[C@@H](C)N[C@H](C)C4)ccc2cc1C. The first-order valence-corrected chi connectivity index (χ1v) is 9.32. The number of rotatable bonds is 2. The van der Waals surface area contributed by atoms with Crippen molar-refractivity contribution in [3.63, 3.8) is 0 Å². The van der Waals surface area contributed by atoms with Gasteiger partial charge >= 0.3 is 0 Å². The van der Waals surface area contributed by atoms with Crippen LogP contribution in [0.5, 0.6) is 17.2 Å². The number of phenols is 2. The zero-order chi connectivity index (χ0) is 19.3. The molecule has 0 amide bonds. The van der Waals surface area contributed by atoms with E-state index in [-0.39, 0.29) is 17.5 Å². The van der Waals surface area contributed by atoms with Crippen LogP contribution in [0.15, 0.2) is 36.4 Å². The lowest BCUT2D eigenvalue weighted by Crippen LogP contribution is -2.35. The van der Waals surface area contributed by atoms with E-state index in [1.54, 1.807) is 7.11 Å². The second-order valence-corrected chi connectivity index (χ2v) is 7.53. The van der Waals surface area contributed by atoms with Gasteiger partial charge in [-0.2, -0.15) is 0 Å². The fourth-order valence-electron chi connectivity index (χ4n) is 4.31. The molecule has 0 fully saturated rings. The van der Waals surface area contributed by atoms with Crippen LogP contribution in [0.4, 0.5) is 0 Å². The molecule has 1 aliphatic heterocycles. The molecule has 0 aromatic heterocycles. The molecule has 4 heteroatoms. The molecule has 3 aromatic carbocycles. The normalized spacial score (nSPS) is 19.1. The van der Waals surface area contributed by atoms with E-state index < -0.39 is 0 Å². The molecule has 4 rings (SSSR count). The summed E-state index contributed by atoms with van der Waals surface area (Å²) in [5.41, 5.74) is 4.37. The lowest BCUT2D eigenvalue weighted by atomic mass is 9.87. The standard InChI is InChI=1S/C23H25NO3/c1-12-9-15-5-7-17(22(25)19(15)11-20(12)27-4)18-8-6-16-10-13(2)24-14(3)21(16)23(18)26/h5-9,11,13-14,24-26H,10H2,1-4H3/t13-,14-/m1/s1. The molecule has 1 aliphatic rings. The smallest absolute Gasteiger partial charge is 0.131 e. The number of ether oxygens (including phenoxy) is 1. The van der Waals surface area contributed by atoms with Crippen LogP contribution < -0.4 is 10.1 Å². The van der Waals surface area contributed by atoms with Gasteiger partial charge in [-0.3, -0.25) is 0 Å². The Hall–Kier alpha value is -2.72. The maximum atomic E-state index is 11.0. The van der Waals surface area contributed by atoms with E-state index in [2.05, 4.69) is 25.2 Å². The maximum absolute atomic E-state index is 11.0. The van der Waals surface area contributed by atoms with Gasteiger partial charge in [-0.15, -0.1) is 0 Å². The van der Waals surface area contributed by atoms with Crippen molar-refractivity contribution in [2.45, 2.75) is 39.3 Å². The number of benzene rings is 3. The fourth-order valence-corrected chi connectivity index (χ4v) is 4.31. The summed E-state index contributed by atoms with van der Waals surface area (Å²) in [6.45, 7) is 6.19. The molecule has 3 N–H and O–H groups in total. The van der Waals surface area contributed by atoms with Gasteiger partial charge in [0, 0.05) is 34.2 Å². The Balaban J connectivity index is 1.92. The molecule has 0 spiro atoms. The molecule has 0 radical (unpaired) electrons. The zero-order valence-corrected chi connectivity index (χ0v) is 16.1. The van der Waals surface area contributed by atoms with E-state index >= 15 is 0 Å². The first-order chi connectivity index (χ1) is 12.9. The number of methoxy groups -OCH3 is 1.